The Morgan fingerprint density at radius 3 is 2.52 bits per heavy atom. The van der Waals surface area contributed by atoms with Crippen molar-refractivity contribution in [2.75, 3.05) is 5.32 Å². The molecule has 2 aromatic heterocycles. The van der Waals surface area contributed by atoms with Crippen LogP contribution in [0.2, 0.25) is 5.02 Å². The van der Waals surface area contributed by atoms with Gasteiger partial charge < -0.3 is 5.32 Å². The topological polar surface area (TPSA) is 72.2 Å². The average Bonchev–Trinajstić information content (AvgIpc) is 3.08. The fraction of sp³-hybridized carbons (Fsp3) is 0. The van der Waals surface area contributed by atoms with Crippen LogP contribution in [0.25, 0.3) is 17.2 Å². The fourth-order valence-corrected chi connectivity index (χ4v) is 2.57. The minimum Gasteiger partial charge on any atom is -0.322 e. The summed E-state index contributed by atoms with van der Waals surface area (Å²) in [5, 5.41) is 11.6. The lowest BCUT2D eigenvalue weighted by Gasteiger charge is -2.06. The molecule has 2 aromatic carbocycles. The summed E-state index contributed by atoms with van der Waals surface area (Å²) in [6, 6.07) is 15.9. The number of hydrogen-bond acceptors (Lipinski definition) is 4. The van der Waals surface area contributed by atoms with Gasteiger partial charge in [0.1, 0.15) is 0 Å². The van der Waals surface area contributed by atoms with E-state index in [-0.39, 0.29) is 5.91 Å². The van der Waals surface area contributed by atoms with Gasteiger partial charge >= 0.3 is 0 Å². The molecule has 0 saturated heterocycles. The highest BCUT2D eigenvalue weighted by Gasteiger charge is 2.10. The van der Waals surface area contributed by atoms with Crippen LogP contribution in [-0.2, 0) is 0 Å². The molecule has 0 radical (unpaired) electrons. The minimum atomic E-state index is -0.193. The van der Waals surface area contributed by atoms with Crippen molar-refractivity contribution in [3.05, 3.63) is 77.6 Å². The number of nitrogens with zero attached hydrogens (tertiary/aromatic N) is 4. The summed E-state index contributed by atoms with van der Waals surface area (Å²) in [5.41, 5.74) is 2.09. The summed E-state index contributed by atoms with van der Waals surface area (Å²) in [5.74, 6) is 1.01. The summed E-state index contributed by atoms with van der Waals surface area (Å²) in [6.45, 7) is 0. The van der Waals surface area contributed by atoms with Crippen LogP contribution < -0.4 is 5.32 Å². The van der Waals surface area contributed by atoms with Gasteiger partial charge in [-0.2, -0.15) is 0 Å². The number of benzene rings is 2. The maximum atomic E-state index is 12.3. The first-order valence-corrected chi connectivity index (χ1v) is 7.91. The lowest BCUT2D eigenvalue weighted by atomic mass is 10.1. The van der Waals surface area contributed by atoms with E-state index in [0.717, 1.165) is 5.56 Å². The molecule has 0 saturated carbocycles. The molecular formula is C18H12ClN5O. The third kappa shape index (κ3) is 3.07. The van der Waals surface area contributed by atoms with E-state index in [1.807, 2.05) is 24.4 Å². The van der Waals surface area contributed by atoms with Crippen LogP contribution in [0.3, 0.4) is 0 Å². The maximum absolute atomic E-state index is 12.3. The molecule has 1 N–H and O–H groups in total. The standard InChI is InChI=1S/C18H12ClN5O/c19-14-6-8-15(9-7-14)21-17(25)13-4-2-12(3-5-13)16-22-23-18-20-10-1-11-24(16)18/h1-11H,(H,21,25). The van der Waals surface area contributed by atoms with Crippen LogP contribution in [-0.4, -0.2) is 25.5 Å². The number of halogens is 1. The first kappa shape index (κ1) is 15.3. The molecule has 0 aliphatic carbocycles. The highest BCUT2D eigenvalue weighted by molar-refractivity contribution is 6.30. The van der Waals surface area contributed by atoms with Gasteiger partial charge in [0.2, 0.25) is 0 Å². The lowest BCUT2D eigenvalue weighted by Crippen LogP contribution is -2.11. The van der Waals surface area contributed by atoms with Gasteiger partial charge in [0.25, 0.3) is 11.7 Å². The molecule has 0 aliphatic rings. The SMILES string of the molecule is O=C(Nc1ccc(Cl)cc1)c1ccc(-c2nnc3ncccn23)cc1. The van der Waals surface area contributed by atoms with Crippen LogP contribution in [0.15, 0.2) is 67.0 Å². The van der Waals surface area contributed by atoms with E-state index in [4.69, 9.17) is 11.6 Å². The second-order valence-electron chi connectivity index (χ2n) is 5.35. The Morgan fingerprint density at radius 2 is 1.76 bits per heavy atom. The van der Waals surface area contributed by atoms with Crippen molar-refractivity contribution in [2.24, 2.45) is 0 Å². The molecule has 4 rings (SSSR count). The third-order valence-corrected chi connectivity index (χ3v) is 3.95. The lowest BCUT2D eigenvalue weighted by molar-refractivity contribution is 0.102. The molecule has 0 aliphatic heterocycles. The summed E-state index contributed by atoms with van der Waals surface area (Å²) in [4.78, 5) is 16.5. The Kier molecular flexibility index (Phi) is 3.87. The molecule has 122 valence electrons. The van der Waals surface area contributed by atoms with Crippen molar-refractivity contribution in [1.29, 1.82) is 0 Å². The van der Waals surface area contributed by atoms with Crippen molar-refractivity contribution in [2.45, 2.75) is 0 Å². The van der Waals surface area contributed by atoms with Gasteiger partial charge in [-0.1, -0.05) is 23.7 Å². The van der Waals surface area contributed by atoms with Crippen molar-refractivity contribution >= 4 is 29.0 Å². The second kappa shape index (κ2) is 6.33. The summed E-state index contributed by atoms with van der Waals surface area (Å²) < 4.78 is 1.79. The number of amides is 1. The normalized spacial score (nSPS) is 10.8. The van der Waals surface area contributed by atoms with Crippen LogP contribution in [0, 0.1) is 0 Å². The number of aromatic nitrogens is 4. The molecule has 4 aromatic rings. The van der Waals surface area contributed by atoms with Crippen molar-refractivity contribution in [3.8, 4) is 11.4 Å². The molecule has 7 heteroatoms. The number of rotatable bonds is 3. The molecule has 25 heavy (non-hydrogen) atoms. The Hall–Kier alpha value is -3.25. The van der Waals surface area contributed by atoms with Crippen LogP contribution in [0.4, 0.5) is 5.69 Å². The molecule has 2 heterocycles. The van der Waals surface area contributed by atoms with Gasteiger partial charge in [0.15, 0.2) is 5.82 Å². The molecule has 0 unspecified atom stereocenters. The predicted octanol–water partition coefficient (Wildman–Crippen LogP) is 3.70. The number of fused-ring (bicyclic) bond motifs is 1. The van der Waals surface area contributed by atoms with Crippen LogP contribution >= 0.6 is 11.6 Å². The smallest absolute Gasteiger partial charge is 0.255 e. The van der Waals surface area contributed by atoms with Crippen LogP contribution in [0.1, 0.15) is 10.4 Å². The van der Waals surface area contributed by atoms with Gasteiger partial charge in [-0.25, -0.2) is 4.98 Å². The molecule has 6 nitrogen and oxygen atoms in total. The Balaban J connectivity index is 1.57. The van der Waals surface area contributed by atoms with E-state index in [1.54, 1.807) is 47.0 Å². The Labute approximate surface area is 148 Å². The van der Waals surface area contributed by atoms with Crippen LogP contribution in [0.5, 0.6) is 0 Å². The zero-order chi connectivity index (χ0) is 17.2. The molecular weight excluding hydrogens is 338 g/mol. The summed E-state index contributed by atoms with van der Waals surface area (Å²) in [7, 11) is 0. The summed E-state index contributed by atoms with van der Waals surface area (Å²) in [6.07, 6.45) is 3.51. The quantitative estimate of drug-likeness (QED) is 0.612. The average molecular weight is 350 g/mol. The number of hydrogen-bond donors (Lipinski definition) is 1. The van der Waals surface area contributed by atoms with E-state index >= 15 is 0 Å². The van der Waals surface area contributed by atoms with Crippen molar-refractivity contribution in [1.82, 2.24) is 19.6 Å². The highest BCUT2D eigenvalue weighted by atomic mass is 35.5. The Bertz CT molecular complexity index is 1040. The fourth-order valence-electron chi connectivity index (χ4n) is 2.45. The van der Waals surface area contributed by atoms with Gasteiger partial charge in [0, 0.05) is 34.2 Å². The highest BCUT2D eigenvalue weighted by Crippen LogP contribution is 2.19. The van der Waals surface area contributed by atoms with Gasteiger partial charge in [-0.05, 0) is 42.5 Å². The maximum Gasteiger partial charge on any atom is 0.255 e. The number of nitrogens with one attached hydrogen (secondary N) is 1. The predicted molar refractivity (Wildman–Crippen MR) is 95.6 cm³/mol. The molecule has 1 amide bonds. The second-order valence-corrected chi connectivity index (χ2v) is 5.79. The monoisotopic (exact) mass is 349 g/mol. The van der Waals surface area contributed by atoms with E-state index < -0.39 is 0 Å². The number of carbonyl (C=O) groups is 1. The van der Waals surface area contributed by atoms with E-state index in [2.05, 4.69) is 20.5 Å². The zero-order valence-corrected chi connectivity index (χ0v) is 13.7. The van der Waals surface area contributed by atoms with E-state index in [9.17, 15) is 4.79 Å². The van der Waals surface area contributed by atoms with Crippen molar-refractivity contribution in [3.63, 3.8) is 0 Å². The van der Waals surface area contributed by atoms with Gasteiger partial charge in [-0.15, -0.1) is 10.2 Å². The zero-order valence-electron chi connectivity index (χ0n) is 12.9. The molecule has 0 fully saturated rings. The van der Waals surface area contributed by atoms with Gasteiger partial charge in [-0.3, -0.25) is 9.20 Å². The Morgan fingerprint density at radius 1 is 1.00 bits per heavy atom. The van der Waals surface area contributed by atoms with Gasteiger partial charge in [0.05, 0.1) is 0 Å². The minimum absolute atomic E-state index is 0.193. The third-order valence-electron chi connectivity index (χ3n) is 3.70. The molecule has 0 bridgehead atoms. The van der Waals surface area contributed by atoms with E-state index in [0.29, 0.717) is 27.9 Å². The van der Waals surface area contributed by atoms with Crippen molar-refractivity contribution < 1.29 is 4.79 Å². The molecule has 0 atom stereocenters. The number of carbonyl (C=O) groups excluding carboxylic acids is 1. The van der Waals surface area contributed by atoms with E-state index in [1.165, 1.54) is 0 Å². The largest absolute Gasteiger partial charge is 0.322 e. The number of anilines is 1. The summed E-state index contributed by atoms with van der Waals surface area (Å²) >= 11 is 5.84. The molecule has 0 spiro atoms. The first-order valence-electron chi connectivity index (χ1n) is 7.54. The first-order chi connectivity index (χ1) is 12.2.